The van der Waals surface area contributed by atoms with E-state index in [1.165, 1.54) is 13.5 Å². The Morgan fingerprint density at radius 2 is 2.13 bits per heavy atom. The van der Waals surface area contributed by atoms with Gasteiger partial charge in [0.15, 0.2) is 0 Å². The van der Waals surface area contributed by atoms with E-state index < -0.39 is 0 Å². The monoisotopic (exact) mass is 215 g/mol. The number of hydrogen-bond acceptors (Lipinski definition) is 4. The highest BCUT2D eigenvalue weighted by Gasteiger charge is 2.25. The van der Waals surface area contributed by atoms with E-state index >= 15 is 0 Å². The maximum Gasteiger partial charge on any atom is 0.319 e. The van der Waals surface area contributed by atoms with Crippen molar-refractivity contribution in [3.63, 3.8) is 0 Å². The molecule has 0 aromatic carbocycles. The minimum absolute atomic E-state index is 0.169. The predicted octanol–water partition coefficient (Wildman–Crippen LogP) is 1.05. The molecule has 2 unspecified atom stereocenters. The SMILES string of the molecule is COC(=O)CN(C)C1CCCC(OC)C1. The lowest BCUT2D eigenvalue weighted by molar-refractivity contribution is -0.142. The molecule has 1 saturated carbocycles. The Hall–Kier alpha value is -0.610. The maximum absolute atomic E-state index is 11.1. The number of hydrogen-bond donors (Lipinski definition) is 0. The van der Waals surface area contributed by atoms with Crippen LogP contribution < -0.4 is 0 Å². The highest BCUT2D eigenvalue weighted by atomic mass is 16.5. The molecule has 0 bridgehead atoms. The van der Waals surface area contributed by atoms with Crippen molar-refractivity contribution >= 4 is 5.97 Å². The van der Waals surface area contributed by atoms with Crippen LogP contribution in [0.15, 0.2) is 0 Å². The van der Waals surface area contributed by atoms with Crippen molar-refractivity contribution in [3.8, 4) is 0 Å². The fourth-order valence-corrected chi connectivity index (χ4v) is 2.13. The second-order valence-corrected chi connectivity index (χ2v) is 4.17. The van der Waals surface area contributed by atoms with E-state index in [-0.39, 0.29) is 5.97 Å². The van der Waals surface area contributed by atoms with E-state index in [4.69, 9.17) is 4.74 Å². The molecule has 0 N–H and O–H groups in total. The molecule has 0 aliphatic heterocycles. The number of rotatable bonds is 4. The first kappa shape index (κ1) is 12.5. The normalized spacial score (nSPS) is 26.7. The Morgan fingerprint density at radius 3 is 2.73 bits per heavy atom. The van der Waals surface area contributed by atoms with Crippen LogP contribution in [0.25, 0.3) is 0 Å². The van der Waals surface area contributed by atoms with Gasteiger partial charge in [-0.25, -0.2) is 0 Å². The lowest BCUT2D eigenvalue weighted by Gasteiger charge is -2.34. The molecule has 4 heteroatoms. The highest BCUT2D eigenvalue weighted by Crippen LogP contribution is 2.23. The van der Waals surface area contributed by atoms with Gasteiger partial charge in [0.05, 0.1) is 19.8 Å². The molecule has 15 heavy (non-hydrogen) atoms. The zero-order valence-electron chi connectivity index (χ0n) is 9.86. The third kappa shape index (κ3) is 3.80. The Morgan fingerprint density at radius 1 is 1.40 bits per heavy atom. The summed E-state index contributed by atoms with van der Waals surface area (Å²) < 4.78 is 10.0. The third-order valence-corrected chi connectivity index (χ3v) is 3.16. The van der Waals surface area contributed by atoms with Gasteiger partial charge in [0.25, 0.3) is 0 Å². The summed E-state index contributed by atoms with van der Waals surface area (Å²) >= 11 is 0. The molecule has 0 aromatic heterocycles. The Kier molecular flexibility index (Phi) is 5.05. The van der Waals surface area contributed by atoms with E-state index in [9.17, 15) is 4.79 Å². The van der Waals surface area contributed by atoms with Gasteiger partial charge in [-0.1, -0.05) is 0 Å². The summed E-state index contributed by atoms with van der Waals surface area (Å²) in [6.45, 7) is 0.373. The van der Waals surface area contributed by atoms with E-state index in [2.05, 4.69) is 9.64 Å². The van der Waals surface area contributed by atoms with Crippen LogP contribution in [-0.2, 0) is 14.3 Å². The van der Waals surface area contributed by atoms with Crippen LogP contribution in [0.1, 0.15) is 25.7 Å². The molecule has 0 spiro atoms. The molecule has 0 amide bonds. The van der Waals surface area contributed by atoms with Gasteiger partial charge in [0.1, 0.15) is 0 Å². The first-order valence-corrected chi connectivity index (χ1v) is 5.47. The number of carbonyl (C=O) groups is 1. The van der Waals surface area contributed by atoms with Crippen molar-refractivity contribution in [1.82, 2.24) is 4.90 Å². The van der Waals surface area contributed by atoms with Crippen molar-refractivity contribution in [2.45, 2.75) is 37.8 Å². The summed E-state index contributed by atoms with van der Waals surface area (Å²) in [6, 6.07) is 0.447. The van der Waals surface area contributed by atoms with Crippen molar-refractivity contribution in [3.05, 3.63) is 0 Å². The van der Waals surface area contributed by atoms with Gasteiger partial charge in [-0.15, -0.1) is 0 Å². The summed E-state index contributed by atoms with van der Waals surface area (Å²) in [5.41, 5.74) is 0. The molecule has 4 nitrogen and oxygen atoms in total. The van der Waals surface area contributed by atoms with Crippen LogP contribution in [0.3, 0.4) is 0 Å². The molecule has 2 atom stereocenters. The fourth-order valence-electron chi connectivity index (χ4n) is 2.13. The molecule has 0 saturated heterocycles. The lowest BCUT2D eigenvalue weighted by Crippen LogP contribution is -2.41. The zero-order valence-corrected chi connectivity index (χ0v) is 9.86. The molecule has 88 valence electrons. The van der Waals surface area contributed by atoms with Gasteiger partial charge in [0.2, 0.25) is 0 Å². The van der Waals surface area contributed by atoms with Crippen molar-refractivity contribution in [2.75, 3.05) is 27.8 Å². The third-order valence-electron chi connectivity index (χ3n) is 3.16. The standard InChI is InChI=1S/C11H21NO3/c1-12(8-11(13)15-3)9-5-4-6-10(7-9)14-2/h9-10H,4-8H2,1-3H3. The summed E-state index contributed by atoms with van der Waals surface area (Å²) in [6.07, 6.45) is 4.83. The van der Waals surface area contributed by atoms with Gasteiger partial charge >= 0.3 is 5.97 Å². The first-order chi connectivity index (χ1) is 7.17. The largest absolute Gasteiger partial charge is 0.468 e. The van der Waals surface area contributed by atoms with Crippen LogP contribution in [0, 0.1) is 0 Å². The number of carbonyl (C=O) groups excluding carboxylic acids is 1. The number of likely N-dealkylation sites (N-methyl/N-ethyl adjacent to an activating group) is 1. The van der Waals surface area contributed by atoms with Gasteiger partial charge in [-0.05, 0) is 32.7 Å². The zero-order chi connectivity index (χ0) is 11.3. The predicted molar refractivity (Wildman–Crippen MR) is 57.7 cm³/mol. The number of ether oxygens (including phenoxy) is 2. The highest BCUT2D eigenvalue weighted by molar-refractivity contribution is 5.71. The van der Waals surface area contributed by atoms with Crippen molar-refractivity contribution in [1.29, 1.82) is 0 Å². The molecule has 1 aliphatic rings. The van der Waals surface area contributed by atoms with E-state index in [1.54, 1.807) is 7.11 Å². The molecule has 1 fully saturated rings. The number of nitrogens with zero attached hydrogens (tertiary/aromatic N) is 1. The van der Waals surface area contributed by atoms with Gasteiger partial charge in [-0.2, -0.15) is 0 Å². The van der Waals surface area contributed by atoms with Crippen LogP contribution in [0.4, 0.5) is 0 Å². The van der Waals surface area contributed by atoms with Gasteiger partial charge < -0.3 is 9.47 Å². The Balaban J connectivity index is 2.37. The molecule has 0 aromatic rings. The van der Waals surface area contributed by atoms with Crippen LogP contribution in [-0.4, -0.2) is 50.8 Å². The summed E-state index contributed by atoms with van der Waals surface area (Å²) in [5.74, 6) is -0.169. The number of esters is 1. The van der Waals surface area contributed by atoms with Gasteiger partial charge in [-0.3, -0.25) is 9.69 Å². The van der Waals surface area contributed by atoms with Gasteiger partial charge in [0, 0.05) is 13.2 Å². The van der Waals surface area contributed by atoms with E-state index in [1.807, 2.05) is 7.05 Å². The smallest absolute Gasteiger partial charge is 0.319 e. The molecular formula is C11H21NO3. The van der Waals surface area contributed by atoms with Crippen LogP contribution >= 0.6 is 0 Å². The minimum atomic E-state index is -0.169. The first-order valence-electron chi connectivity index (χ1n) is 5.47. The lowest BCUT2D eigenvalue weighted by atomic mass is 9.92. The molecule has 0 heterocycles. The second-order valence-electron chi connectivity index (χ2n) is 4.17. The Bertz CT molecular complexity index is 208. The van der Waals surface area contributed by atoms with E-state index in [0.717, 1.165) is 19.3 Å². The van der Waals surface area contributed by atoms with E-state index in [0.29, 0.717) is 18.7 Å². The molecule has 1 rings (SSSR count). The average molecular weight is 215 g/mol. The average Bonchev–Trinajstić information content (AvgIpc) is 2.28. The van der Waals surface area contributed by atoms with Crippen LogP contribution in [0.2, 0.25) is 0 Å². The summed E-state index contributed by atoms with van der Waals surface area (Å²) in [7, 11) is 5.15. The molecule has 0 radical (unpaired) electrons. The summed E-state index contributed by atoms with van der Waals surface area (Å²) in [5, 5.41) is 0. The maximum atomic E-state index is 11.1. The topological polar surface area (TPSA) is 38.8 Å². The molecular weight excluding hydrogens is 194 g/mol. The quantitative estimate of drug-likeness (QED) is 0.657. The van der Waals surface area contributed by atoms with Crippen LogP contribution in [0.5, 0.6) is 0 Å². The van der Waals surface area contributed by atoms with Crippen molar-refractivity contribution in [2.24, 2.45) is 0 Å². The van der Waals surface area contributed by atoms with Crippen molar-refractivity contribution < 1.29 is 14.3 Å². The Labute approximate surface area is 91.5 Å². The summed E-state index contributed by atoms with van der Waals surface area (Å²) in [4.78, 5) is 13.2. The minimum Gasteiger partial charge on any atom is -0.468 e. The number of methoxy groups -OCH3 is 2. The molecule has 1 aliphatic carbocycles. The second kappa shape index (κ2) is 6.08. The fraction of sp³-hybridized carbons (Fsp3) is 0.909.